The van der Waals surface area contributed by atoms with Gasteiger partial charge in [-0.2, -0.15) is 0 Å². The molecule has 0 radical (unpaired) electrons. The average molecular weight is 333 g/mol. The molecule has 6 nitrogen and oxygen atoms in total. The first-order chi connectivity index (χ1) is 11.0. The lowest BCUT2D eigenvalue weighted by Gasteiger charge is -2.14. The molecule has 0 spiro atoms. The van der Waals surface area contributed by atoms with Gasteiger partial charge in [-0.1, -0.05) is 18.1 Å². The molecular formula is C16H19N3O3S. The molecule has 1 atom stereocenters. The standard InChI is InChI=1S/C16H19N3O3S/c1-4-14(16(21)18-15-8-10(2)22-19-15)23-13-7-5-6-12(9-13)17-11(3)20/h5-9,14H,4H2,1-3H3,(H,17,20)(H,18,19,21). The van der Waals surface area contributed by atoms with Gasteiger partial charge in [0.1, 0.15) is 5.76 Å². The summed E-state index contributed by atoms with van der Waals surface area (Å²) < 4.78 is 4.94. The lowest BCUT2D eigenvalue weighted by Crippen LogP contribution is -2.24. The summed E-state index contributed by atoms with van der Waals surface area (Å²) in [4.78, 5) is 24.4. The molecule has 122 valence electrons. The van der Waals surface area contributed by atoms with Crippen LogP contribution in [-0.2, 0) is 9.59 Å². The van der Waals surface area contributed by atoms with Crippen LogP contribution < -0.4 is 10.6 Å². The van der Waals surface area contributed by atoms with Crippen molar-refractivity contribution in [3.63, 3.8) is 0 Å². The number of hydrogen-bond donors (Lipinski definition) is 2. The summed E-state index contributed by atoms with van der Waals surface area (Å²) in [6.45, 7) is 5.17. The van der Waals surface area contributed by atoms with Crippen molar-refractivity contribution < 1.29 is 14.1 Å². The summed E-state index contributed by atoms with van der Waals surface area (Å²) in [6, 6.07) is 9.09. The Hall–Kier alpha value is -2.28. The molecule has 23 heavy (non-hydrogen) atoms. The third-order valence-corrected chi connectivity index (χ3v) is 4.33. The molecule has 2 N–H and O–H groups in total. The van der Waals surface area contributed by atoms with Crippen LogP contribution in [0.15, 0.2) is 39.8 Å². The fraction of sp³-hybridized carbons (Fsp3) is 0.312. The second-order valence-corrected chi connectivity index (χ2v) is 6.31. The van der Waals surface area contributed by atoms with Crippen LogP contribution in [0.25, 0.3) is 0 Å². The number of aryl methyl sites for hydroxylation is 1. The Morgan fingerprint density at radius 1 is 1.30 bits per heavy atom. The van der Waals surface area contributed by atoms with Crippen molar-refractivity contribution in [3.8, 4) is 0 Å². The minimum atomic E-state index is -0.264. The second kappa shape index (κ2) is 7.82. The third-order valence-electron chi connectivity index (χ3n) is 2.98. The Labute approximate surface area is 139 Å². The Balaban J connectivity index is 2.03. The maximum atomic E-state index is 12.3. The number of nitrogens with zero attached hydrogens (tertiary/aromatic N) is 1. The molecule has 0 aliphatic rings. The molecule has 7 heteroatoms. The molecule has 0 saturated carbocycles. The van der Waals surface area contributed by atoms with Gasteiger partial charge in [0, 0.05) is 23.6 Å². The zero-order chi connectivity index (χ0) is 16.8. The fourth-order valence-corrected chi connectivity index (χ4v) is 2.98. The highest BCUT2D eigenvalue weighted by atomic mass is 32.2. The summed E-state index contributed by atoms with van der Waals surface area (Å²) in [5.41, 5.74) is 0.713. The quantitative estimate of drug-likeness (QED) is 0.791. The number of anilines is 2. The van der Waals surface area contributed by atoms with Gasteiger partial charge in [0.25, 0.3) is 0 Å². The Morgan fingerprint density at radius 2 is 2.09 bits per heavy atom. The molecule has 0 aliphatic carbocycles. The normalized spacial score (nSPS) is 11.8. The smallest absolute Gasteiger partial charge is 0.239 e. The summed E-state index contributed by atoms with van der Waals surface area (Å²) in [7, 11) is 0. The Kier molecular flexibility index (Phi) is 5.81. The van der Waals surface area contributed by atoms with E-state index >= 15 is 0 Å². The first-order valence-electron chi connectivity index (χ1n) is 7.26. The van der Waals surface area contributed by atoms with Crippen molar-refractivity contribution in [2.24, 2.45) is 0 Å². The SMILES string of the molecule is CCC(Sc1cccc(NC(C)=O)c1)C(=O)Nc1cc(C)on1. The molecule has 2 amide bonds. The largest absolute Gasteiger partial charge is 0.360 e. The summed E-state index contributed by atoms with van der Waals surface area (Å²) in [5.74, 6) is 0.802. The summed E-state index contributed by atoms with van der Waals surface area (Å²) in [5, 5.41) is 8.98. The van der Waals surface area contributed by atoms with Crippen LogP contribution in [0.1, 0.15) is 26.0 Å². The van der Waals surface area contributed by atoms with E-state index in [0.29, 0.717) is 23.7 Å². The highest BCUT2D eigenvalue weighted by Gasteiger charge is 2.19. The van der Waals surface area contributed by atoms with Crippen molar-refractivity contribution >= 4 is 35.1 Å². The van der Waals surface area contributed by atoms with Crippen LogP contribution in [-0.4, -0.2) is 22.2 Å². The van der Waals surface area contributed by atoms with E-state index < -0.39 is 0 Å². The van der Waals surface area contributed by atoms with Gasteiger partial charge in [-0.15, -0.1) is 11.8 Å². The van der Waals surface area contributed by atoms with Gasteiger partial charge in [-0.05, 0) is 31.5 Å². The van der Waals surface area contributed by atoms with E-state index in [2.05, 4.69) is 15.8 Å². The fourth-order valence-electron chi connectivity index (χ4n) is 1.97. The number of aromatic nitrogens is 1. The number of carbonyl (C=O) groups is 2. The van der Waals surface area contributed by atoms with Crippen molar-refractivity contribution in [3.05, 3.63) is 36.1 Å². The van der Waals surface area contributed by atoms with Gasteiger partial charge < -0.3 is 15.2 Å². The molecule has 0 bridgehead atoms. The Bertz CT molecular complexity index is 699. The van der Waals surface area contributed by atoms with Gasteiger partial charge in [0.15, 0.2) is 5.82 Å². The molecule has 0 saturated heterocycles. The lowest BCUT2D eigenvalue weighted by molar-refractivity contribution is -0.116. The number of thioether (sulfide) groups is 1. The second-order valence-electron chi connectivity index (χ2n) is 5.04. The predicted octanol–water partition coefficient (Wildman–Crippen LogP) is 3.45. The number of carbonyl (C=O) groups excluding carboxylic acids is 2. The average Bonchev–Trinajstić information content (AvgIpc) is 2.89. The summed E-state index contributed by atoms with van der Waals surface area (Å²) >= 11 is 1.44. The third kappa shape index (κ3) is 5.14. The van der Waals surface area contributed by atoms with E-state index in [1.807, 2.05) is 31.2 Å². The van der Waals surface area contributed by atoms with E-state index in [1.165, 1.54) is 18.7 Å². The number of benzene rings is 1. The van der Waals surface area contributed by atoms with E-state index in [9.17, 15) is 9.59 Å². The molecular weight excluding hydrogens is 314 g/mol. The van der Waals surface area contributed by atoms with Crippen LogP contribution >= 0.6 is 11.8 Å². The number of hydrogen-bond acceptors (Lipinski definition) is 5. The molecule has 1 heterocycles. The van der Waals surface area contributed by atoms with Gasteiger partial charge in [0.05, 0.1) is 5.25 Å². The van der Waals surface area contributed by atoms with Crippen LogP contribution in [0.2, 0.25) is 0 Å². The molecule has 1 unspecified atom stereocenters. The highest BCUT2D eigenvalue weighted by Crippen LogP contribution is 2.28. The summed E-state index contributed by atoms with van der Waals surface area (Å²) in [6.07, 6.45) is 0.664. The van der Waals surface area contributed by atoms with Gasteiger partial charge in [-0.3, -0.25) is 9.59 Å². The van der Waals surface area contributed by atoms with Crippen molar-refractivity contribution in [1.29, 1.82) is 0 Å². The van der Waals surface area contributed by atoms with Gasteiger partial charge in [0.2, 0.25) is 11.8 Å². The first-order valence-corrected chi connectivity index (χ1v) is 8.14. The van der Waals surface area contributed by atoms with Crippen molar-refractivity contribution in [2.75, 3.05) is 10.6 Å². The number of nitrogens with one attached hydrogen (secondary N) is 2. The number of amides is 2. The highest BCUT2D eigenvalue weighted by molar-refractivity contribution is 8.00. The van der Waals surface area contributed by atoms with Gasteiger partial charge >= 0.3 is 0 Å². The Morgan fingerprint density at radius 3 is 2.70 bits per heavy atom. The molecule has 0 aliphatic heterocycles. The monoisotopic (exact) mass is 333 g/mol. The van der Waals surface area contributed by atoms with E-state index in [4.69, 9.17) is 4.52 Å². The van der Waals surface area contributed by atoms with Crippen LogP contribution in [0, 0.1) is 6.92 Å². The van der Waals surface area contributed by atoms with Crippen molar-refractivity contribution in [1.82, 2.24) is 5.16 Å². The molecule has 1 aromatic heterocycles. The van der Waals surface area contributed by atoms with Gasteiger partial charge in [-0.25, -0.2) is 0 Å². The van der Waals surface area contributed by atoms with E-state index in [1.54, 1.807) is 13.0 Å². The molecule has 2 aromatic rings. The number of rotatable bonds is 6. The minimum absolute atomic E-state index is 0.127. The van der Waals surface area contributed by atoms with E-state index in [-0.39, 0.29) is 17.1 Å². The zero-order valence-corrected chi connectivity index (χ0v) is 14.1. The van der Waals surface area contributed by atoms with Crippen LogP contribution in [0.4, 0.5) is 11.5 Å². The maximum absolute atomic E-state index is 12.3. The maximum Gasteiger partial charge on any atom is 0.239 e. The van der Waals surface area contributed by atoms with E-state index in [0.717, 1.165) is 4.90 Å². The lowest BCUT2D eigenvalue weighted by atomic mass is 10.3. The zero-order valence-electron chi connectivity index (χ0n) is 13.3. The molecule has 1 aromatic carbocycles. The van der Waals surface area contributed by atoms with Crippen LogP contribution in [0.5, 0.6) is 0 Å². The molecule has 0 fully saturated rings. The van der Waals surface area contributed by atoms with Crippen LogP contribution in [0.3, 0.4) is 0 Å². The first kappa shape index (κ1) is 17.1. The topological polar surface area (TPSA) is 84.2 Å². The van der Waals surface area contributed by atoms with Crippen molar-refractivity contribution in [2.45, 2.75) is 37.3 Å². The minimum Gasteiger partial charge on any atom is -0.360 e. The predicted molar refractivity (Wildman–Crippen MR) is 90.6 cm³/mol. The molecule has 2 rings (SSSR count).